The Balaban J connectivity index is 1.57. The molecule has 1 aromatic carbocycles. The van der Waals surface area contributed by atoms with E-state index in [1.165, 1.54) is 0 Å². The summed E-state index contributed by atoms with van der Waals surface area (Å²) in [7, 11) is 0. The summed E-state index contributed by atoms with van der Waals surface area (Å²) in [5.74, 6) is 0. The lowest BCUT2D eigenvalue weighted by Crippen LogP contribution is -2.34. The largest absolute Gasteiger partial charge is 0.317 e. The van der Waals surface area contributed by atoms with Crippen LogP contribution in [0.3, 0.4) is 0 Å². The molecule has 7 heteroatoms. The molecule has 27 heavy (non-hydrogen) atoms. The van der Waals surface area contributed by atoms with E-state index in [0.29, 0.717) is 10.9 Å². The Morgan fingerprint density at radius 1 is 1.15 bits per heavy atom. The smallest absolute Gasteiger partial charge is 0.261 e. The first-order chi connectivity index (χ1) is 13.2. The maximum absolute atomic E-state index is 12.9. The molecule has 0 amide bonds. The number of fused-ring (bicyclic) bond motifs is 2. The topological polar surface area (TPSA) is 77.1 Å². The number of nitrogens with zero attached hydrogens (tertiary/aromatic N) is 5. The number of rotatable bonds is 2. The van der Waals surface area contributed by atoms with Gasteiger partial charge in [0.05, 0.1) is 34.8 Å². The average molecular weight is 360 g/mol. The fourth-order valence-electron chi connectivity index (χ4n) is 3.81. The molecule has 0 atom stereocenters. The molecule has 1 aliphatic heterocycles. The lowest BCUT2D eigenvalue weighted by molar-refractivity contribution is 0.359. The Morgan fingerprint density at radius 2 is 2.00 bits per heavy atom. The zero-order chi connectivity index (χ0) is 18.4. The van der Waals surface area contributed by atoms with Gasteiger partial charge in [-0.1, -0.05) is 6.07 Å². The fraction of sp³-hybridized carbons (Fsp3) is 0.300. The maximum Gasteiger partial charge on any atom is 0.261 e. The second-order valence-electron chi connectivity index (χ2n) is 7.09. The van der Waals surface area contributed by atoms with E-state index in [4.69, 9.17) is 0 Å². The number of benzene rings is 1. The first-order valence-corrected chi connectivity index (χ1v) is 9.22. The van der Waals surface area contributed by atoms with E-state index in [1.54, 1.807) is 17.1 Å². The third-order valence-electron chi connectivity index (χ3n) is 5.24. The Kier molecular flexibility index (Phi) is 3.75. The zero-order valence-electron chi connectivity index (χ0n) is 15.1. The Bertz CT molecular complexity index is 1200. The highest BCUT2D eigenvalue weighted by Gasteiger charge is 2.17. The van der Waals surface area contributed by atoms with Gasteiger partial charge in [0.25, 0.3) is 5.56 Å². The lowest BCUT2D eigenvalue weighted by atomic mass is 10.1. The summed E-state index contributed by atoms with van der Waals surface area (Å²) < 4.78 is 3.76. The predicted molar refractivity (Wildman–Crippen MR) is 104 cm³/mol. The summed E-state index contributed by atoms with van der Waals surface area (Å²) in [4.78, 5) is 26.4. The molecule has 0 unspecified atom stereocenters. The van der Waals surface area contributed by atoms with E-state index in [9.17, 15) is 4.79 Å². The highest BCUT2D eigenvalue weighted by molar-refractivity contribution is 5.82. The SMILES string of the molecule is Cc1cn2cc(-c3ccc4c(=O)n(C5CCNCC5)cnc4c3)ncc2n1. The van der Waals surface area contributed by atoms with Gasteiger partial charge in [-0.2, -0.15) is 0 Å². The quantitative estimate of drug-likeness (QED) is 0.594. The number of hydrogen-bond donors (Lipinski definition) is 1. The van der Waals surface area contributed by atoms with Crippen LogP contribution in [0, 0.1) is 6.92 Å². The van der Waals surface area contributed by atoms with Crippen molar-refractivity contribution in [1.82, 2.24) is 29.2 Å². The van der Waals surface area contributed by atoms with Crippen LogP contribution in [0.15, 0.2) is 47.9 Å². The van der Waals surface area contributed by atoms with Crippen LogP contribution in [0.4, 0.5) is 0 Å². The van der Waals surface area contributed by atoms with Gasteiger partial charge in [-0.15, -0.1) is 0 Å². The minimum atomic E-state index is 0.0343. The van der Waals surface area contributed by atoms with Crippen LogP contribution >= 0.6 is 0 Å². The minimum absolute atomic E-state index is 0.0343. The van der Waals surface area contributed by atoms with Crippen molar-refractivity contribution < 1.29 is 0 Å². The van der Waals surface area contributed by atoms with Crippen LogP contribution in [0.1, 0.15) is 24.6 Å². The van der Waals surface area contributed by atoms with Crippen LogP contribution in [-0.2, 0) is 0 Å². The first kappa shape index (κ1) is 16.1. The molecule has 0 bridgehead atoms. The van der Waals surface area contributed by atoms with Gasteiger partial charge in [0, 0.05) is 24.0 Å². The van der Waals surface area contributed by atoms with Gasteiger partial charge in [0.15, 0.2) is 5.65 Å². The highest BCUT2D eigenvalue weighted by Crippen LogP contribution is 2.22. The van der Waals surface area contributed by atoms with E-state index in [1.807, 2.05) is 41.9 Å². The van der Waals surface area contributed by atoms with Gasteiger partial charge < -0.3 is 9.72 Å². The molecule has 0 spiro atoms. The standard InChI is InChI=1S/C20H20N6O/c1-13-10-25-11-18(22-9-19(25)24-13)14-2-3-16-17(8-14)23-12-26(20(16)27)15-4-6-21-7-5-15/h2-3,8-12,15,21H,4-7H2,1H3. The van der Waals surface area contributed by atoms with E-state index >= 15 is 0 Å². The molecule has 1 saturated heterocycles. The van der Waals surface area contributed by atoms with E-state index in [-0.39, 0.29) is 11.6 Å². The number of aryl methyl sites for hydroxylation is 1. The van der Waals surface area contributed by atoms with Crippen molar-refractivity contribution in [3.05, 3.63) is 59.2 Å². The van der Waals surface area contributed by atoms with Gasteiger partial charge >= 0.3 is 0 Å². The van der Waals surface area contributed by atoms with Crippen LogP contribution in [0.2, 0.25) is 0 Å². The van der Waals surface area contributed by atoms with Crippen molar-refractivity contribution in [2.45, 2.75) is 25.8 Å². The molecule has 4 aromatic rings. The van der Waals surface area contributed by atoms with Crippen molar-refractivity contribution >= 4 is 16.6 Å². The minimum Gasteiger partial charge on any atom is -0.317 e. The summed E-state index contributed by atoms with van der Waals surface area (Å²) in [6.07, 6.45) is 9.29. The lowest BCUT2D eigenvalue weighted by Gasteiger charge is -2.24. The van der Waals surface area contributed by atoms with Crippen LogP contribution < -0.4 is 10.9 Å². The number of aromatic nitrogens is 5. The summed E-state index contributed by atoms with van der Waals surface area (Å²) >= 11 is 0. The molecule has 136 valence electrons. The van der Waals surface area contributed by atoms with Crippen molar-refractivity contribution in [3.8, 4) is 11.3 Å². The molecule has 4 heterocycles. The van der Waals surface area contributed by atoms with E-state index in [0.717, 1.165) is 48.5 Å². The molecule has 0 aliphatic carbocycles. The van der Waals surface area contributed by atoms with Crippen molar-refractivity contribution in [2.75, 3.05) is 13.1 Å². The third kappa shape index (κ3) is 2.80. The van der Waals surface area contributed by atoms with Gasteiger partial charge in [0.1, 0.15) is 0 Å². The van der Waals surface area contributed by atoms with Gasteiger partial charge in [-0.05, 0) is 45.0 Å². The van der Waals surface area contributed by atoms with Gasteiger partial charge in [-0.25, -0.2) is 9.97 Å². The van der Waals surface area contributed by atoms with Crippen LogP contribution in [0.5, 0.6) is 0 Å². The molecule has 3 aromatic heterocycles. The van der Waals surface area contributed by atoms with Crippen molar-refractivity contribution in [3.63, 3.8) is 0 Å². The Hall–Kier alpha value is -3.06. The average Bonchev–Trinajstić information content (AvgIpc) is 3.08. The zero-order valence-corrected chi connectivity index (χ0v) is 15.1. The van der Waals surface area contributed by atoms with E-state index in [2.05, 4.69) is 20.3 Å². The second kappa shape index (κ2) is 6.28. The normalized spacial score (nSPS) is 15.6. The molecule has 1 aliphatic rings. The molecule has 1 N–H and O–H groups in total. The predicted octanol–water partition coefficient (Wildman–Crippen LogP) is 2.34. The number of hydrogen-bond acceptors (Lipinski definition) is 5. The molecule has 0 radical (unpaired) electrons. The second-order valence-corrected chi connectivity index (χ2v) is 7.09. The van der Waals surface area contributed by atoms with Gasteiger partial charge in [0.2, 0.25) is 0 Å². The van der Waals surface area contributed by atoms with Gasteiger partial charge in [-0.3, -0.25) is 14.3 Å². The number of piperidine rings is 1. The molecule has 0 saturated carbocycles. The maximum atomic E-state index is 12.9. The summed E-state index contributed by atoms with van der Waals surface area (Å²) in [5.41, 5.74) is 4.26. The van der Waals surface area contributed by atoms with Crippen molar-refractivity contribution in [1.29, 1.82) is 0 Å². The molecule has 1 fully saturated rings. The monoisotopic (exact) mass is 360 g/mol. The fourth-order valence-corrected chi connectivity index (χ4v) is 3.81. The Morgan fingerprint density at radius 3 is 2.85 bits per heavy atom. The summed E-state index contributed by atoms with van der Waals surface area (Å²) in [5, 5.41) is 3.98. The third-order valence-corrected chi connectivity index (χ3v) is 5.24. The number of imidazole rings is 1. The molecule has 5 rings (SSSR count). The molecular weight excluding hydrogens is 340 g/mol. The summed E-state index contributed by atoms with van der Waals surface area (Å²) in [6, 6.07) is 5.96. The molecule has 7 nitrogen and oxygen atoms in total. The summed E-state index contributed by atoms with van der Waals surface area (Å²) in [6.45, 7) is 3.84. The van der Waals surface area contributed by atoms with Crippen LogP contribution in [0.25, 0.3) is 27.8 Å². The Labute approximate surface area is 155 Å². The van der Waals surface area contributed by atoms with Crippen molar-refractivity contribution in [2.24, 2.45) is 0 Å². The highest BCUT2D eigenvalue weighted by atomic mass is 16.1. The van der Waals surface area contributed by atoms with Crippen LogP contribution in [-0.4, -0.2) is 37.0 Å². The first-order valence-electron chi connectivity index (χ1n) is 9.22. The number of nitrogens with one attached hydrogen (secondary N) is 1. The van der Waals surface area contributed by atoms with E-state index < -0.39 is 0 Å². The molecular formula is C20H20N6O.